The molecule has 1 fully saturated rings. The lowest BCUT2D eigenvalue weighted by Gasteiger charge is -2.18. The zero-order valence-corrected chi connectivity index (χ0v) is 13.9. The summed E-state index contributed by atoms with van der Waals surface area (Å²) in [5, 5.41) is 3.83. The largest absolute Gasteiger partial charge is 0.339 e. The van der Waals surface area contributed by atoms with Gasteiger partial charge in [-0.3, -0.25) is 4.79 Å². The Hall–Kier alpha value is -2.31. The first-order valence-corrected chi connectivity index (χ1v) is 7.88. The van der Waals surface area contributed by atoms with Gasteiger partial charge >= 0.3 is 0 Å². The van der Waals surface area contributed by atoms with Gasteiger partial charge in [-0.15, -0.1) is 0 Å². The smallest absolute Gasteiger partial charge is 0.257 e. The molecular formula is C16H21N5O2. The van der Waals surface area contributed by atoms with Crippen LogP contribution in [-0.2, 0) is 0 Å². The molecule has 2 aromatic rings. The van der Waals surface area contributed by atoms with Crippen LogP contribution in [0.3, 0.4) is 0 Å². The van der Waals surface area contributed by atoms with E-state index in [1.54, 1.807) is 13.1 Å². The van der Waals surface area contributed by atoms with Gasteiger partial charge in [0.2, 0.25) is 5.89 Å². The van der Waals surface area contributed by atoms with Crippen LogP contribution in [0.15, 0.2) is 10.7 Å². The Labute approximate surface area is 135 Å². The number of carbonyl (C=O) groups excluding carboxylic acids is 1. The standard InChI is InChI=1S/C16H21N5O2/c1-9(2)14-13(7-17-10(3)18-14)16(22)21-6-5-12(8-21)15-19-11(4)20-23-15/h7,9,12H,5-6,8H2,1-4H3/t12-/m0/s1. The van der Waals surface area contributed by atoms with Crippen molar-refractivity contribution in [3.63, 3.8) is 0 Å². The topological polar surface area (TPSA) is 85.0 Å². The number of nitrogens with zero attached hydrogens (tertiary/aromatic N) is 5. The minimum absolute atomic E-state index is 0.0209. The van der Waals surface area contributed by atoms with Crippen LogP contribution in [0, 0.1) is 13.8 Å². The van der Waals surface area contributed by atoms with E-state index in [2.05, 4.69) is 20.1 Å². The maximum absolute atomic E-state index is 12.8. The van der Waals surface area contributed by atoms with Gasteiger partial charge in [-0.1, -0.05) is 19.0 Å². The summed E-state index contributed by atoms with van der Waals surface area (Å²) in [6.45, 7) is 8.97. The van der Waals surface area contributed by atoms with E-state index < -0.39 is 0 Å². The van der Waals surface area contributed by atoms with E-state index in [0.717, 1.165) is 12.1 Å². The molecule has 3 rings (SSSR count). The second-order valence-corrected chi connectivity index (χ2v) is 6.29. The predicted molar refractivity (Wildman–Crippen MR) is 83.2 cm³/mol. The van der Waals surface area contributed by atoms with E-state index in [1.165, 1.54) is 0 Å². The first kappa shape index (κ1) is 15.6. The van der Waals surface area contributed by atoms with Gasteiger partial charge in [-0.05, 0) is 26.2 Å². The summed E-state index contributed by atoms with van der Waals surface area (Å²) < 4.78 is 5.24. The molecule has 1 aliphatic rings. The van der Waals surface area contributed by atoms with E-state index in [-0.39, 0.29) is 17.7 Å². The number of hydrogen-bond acceptors (Lipinski definition) is 6. The summed E-state index contributed by atoms with van der Waals surface area (Å²) in [5.74, 6) is 2.18. The van der Waals surface area contributed by atoms with Crippen LogP contribution in [0.2, 0.25) is 0 Å². The number of rotatable bonds is 3. The average molecular weight is 315 g/mol. The summed E-state index contributed by atoms with van der Waals surface area (Å²) in [7, 11) is 0. The van der Waals surface area contributed by atoms with Gasteiger partial charge in [0.25, 0.3) is 5.91 Å². The molecule has 7 heteroatoms. The number of likely N-dealkylation sites (tertiary alicyclic amines) is 1. The Kier molecular flexibility index (Phi) is 4.11. The van der Waals surface area contributed by atoms with E-state index in [1.807, 2.05) is 25.7 Å². The fourth-order valence-corrected chi connectivity index (χ4v) is 2.89. The Balaban J connectivity index is 1.79. The number of amides is 1. The summed E-state index contributed by atoms with van der Waals surface area (Å²) in [6.07, 6.45) is 2.47. The van der Waals surface area contributed by atoms with Crippen molar-refractivity contribution >= 4 is 5.91 Å². The second-order valence-electron chi connectivity index (χ2n) is 6.29. The van der Waals surface area contributed by atoms with Crippen LogP contribution in [0.5, 0.6) is 0 Å². The second kappa shape index (κ2) is 6.06. The zero-order chi connectivity index (χ0) is 16.6. The third-order valence-corrected chi connectivity index (χ3v) is 4.08. The minimum Gasteiger partial charge on any atom is -0.339 e. The monoisotopic (exact) mass is 315 g/mol. The molecule has 1 amide bonds. The van der Waals surface area contributed by atoms with Gasteiger partial charge < -0.3 is 9.42 Å². The summed E-state index contributed by atoms with van der Waals surface area (Å²) in [4.78, 5) is 27.6. The fraction of sp³-hybridized carbons (Fsp3) is 0.562. The van der Waals surface area contributed by atoms with Crippen molar-refractivity contribution in [2.24, 2.45) is 0 Å². The Bertz CT molecular complexity index is 725. The zero-order valence-electron chi connectivity index (χ0n) is 13.9. The maximum atomic E-state index is 12.8. The third-order valence-electron chi connectivity index (χ3n) is 4.08. The lowest BCUT2D eigenvalue weighted by Crippen LogP contribution is -2.30. The molecule has 7 nitrogen and oxygen atoms in total. The van der Waals surface area contributed by atoms with Gasteiger partial charge in [-0.25, -0.2) is 9.97 Å². The lowest BCUT2D eigenvalue weighted by atomic mass is 10.0. The van der Waals surface area contributed by atoms with E-state index in [4.69, 9.17) is 4.52 Å². The van der Waals surface area contributed by atoms with Crippen molar-refractivity contribution in [2.45, 2.75) is 46.0 Å². The molecule has 2 aromatic heterocycles. The molecule has 3 heterocycles. The number of hydrogen-bond donors (Lipinski definition) is 0. The molecule has 0 N–H and O–H groups in total. The van der Waals surface area contributed by atoms with E-state index in [0.29, 0.717) is 36.2 Å². The molecule has 0 bridgehead atoms. The molecule has 0 radical (unpaired) electrons. The molecule has 0 spiro atoms. The Morgan fingerprint density at radius 3 is 2.74 bits per heavy atom. The summed E-state index contributed by atoms with van der Waals surface area (Å²) in [6, 6.07) is 0. The van der Waals surface area contributed by atoms with Gasteiger partial charge in [0.15, 0.2) is 5.82 Å². The molecule has 1 atom stereocenters. The van der Waals surface area contributed by atoms with Crippen LogP contribution < -0.4 is 0 Å². The first-order chi connectivity index (χ1) is 11.0. The first-order valence-electron chi connectivity index (χ1n) is 7.88. The normalized spacial score (nSPS) is 18.0. The molecule has 0 unspecified atom stereocenters. The van der Waals surface area contributed by atoms with Gasteiger partial charge in [0, 0.05) is 19.3 Å². The highest BCUT2D eigenvalue weighted by Gasteiger charge is 2.32. The van der Waals surface area contributed by atoms with Crippen LogP contribution in [0.25, 0.3) is 0 Å². The van der Waals surface area contributed by atoms with E-state index in [9.17, 15) is 4.79 Å². The van der Waals surface area contributed by atoms with Gasteiger partial charge in [0.05, 0.1) is 17.2 Å². The quantitative estimate of drug-likeness (QED) is 0.863. The Morgan fingerprint density at radius 2 is 2.09 bits per heavy atom. The highest BCUT2D eigenvalue weighted by atomic mass is 16.5. The molecular weight excluding hydrogens is 294 g/mol. The van der Waals surface area contributed by atoms with Crippen LogP contribution >= 0.6 is 0 Å². The summed E-state index contributed by atoms with van der Waals surface area (Å²) in [5.41, 5.74) is 1.40. The van der Waals surface area contributed by atoms with Crippen molar-refractivity contribution in [3.05, 3.63) is 35.0 Å². The SMILES string of the molecule is Cc1noc([C@H]2CCN(C(=O)c3cnc(C)nc3C(C)C)C2)n1. The number of aryl methyl sites for hydroxylation is 2. The molecule has 0 saturated carbocycles. The van der Waals surface area contributed by atoms with Gasteiger partial charge in [-0.2, -0.15) is 4.98 Å². The molecule has 0 aromatic carbocycles. The van der Waals surface area contributed by atoms with Crippen molar-refractivity contribution in [3.8, 4) is 0 Å². The van der Waals surface area contributed by atoms with Crippen LogP contribution in [-0.4, -0.2) is 44.0 Å². The Morgan fingerprint density at radius 1 is 1.30 bits per heavy atom. The molecule has 23 heavy (non-hydrogen) atoms. The number of aromatic nitrogens is 4. The highest BCUT2D eigenvalue weighted by Crippen LogP contribution is 2.28. The van der Waals surface area contributed by atoms with Crippen molar-refractivity contribution < 1.29 is 9.32 Å². The maximum Gasteiger partial charge on any atom is 0.257 e. The summed E-state index contributed by atoms with van der Waals surface area (Å²) >= 11 is 0. The fourth-order valence-electron chi connectivity index (χ4n) is 2.89. The predicted octanol–water partition coefficient (Wildman–Crippen LogP) is 2.23. The van der Waals surface area contributed by atoms with Crippen LogP contribution in [0.4, 0.5) is 0 Å². The van der Waals surface area contributed by atoms with Crippen molar-refractivity contribution in [1.82, 2.24) is 25.0 Å². The molecule has 1 saturated heterocycles. The van der Waals surface area contributed by atoms with E-state index >= 15 is 0 Å². The molecule has 122 valence electrons. The van der Waals surface area contributed by atoms with Crippen LogP contribution in [0.1, 0.15) is 65.7 Å². The average Bonchev–Trinajstić information content (AvgIpc) is 3.15. The third kappa shape index (κ3) is 3.09. The highest BCUT2D eigenvalue weighted by molar-refractivity contribution is 5.95. The van der Waals surface area contributed by atoms with Crippen molar-refractivity contribution in [1.29, 1.82) is 0 Å². The molecule has 1 aliphatic heterocycles. The van der Waals surface area contributed by atoms with Crippen molar-refractivity contribution in [2.75, 3.05) is 13.1 Å². The molecule has 0 aliphatic carbocycles. The van der Waals surface area contributed by atoms with Gasteiger partial charge in [0.1, 0.15) is 5.82 Å². The lowest BCUT2D eigenvalue weighted by molar-refractivity contribution is 0.0787. The minimum atomic E-state index is -0.0209. The number of carbonyl (C=O) groups is 1.